The van der Waals surface area contributed by atoms with Crippen LogP contribution in [0, 0.1) is 0 Å². The Morgan fingerprint density at radius 2 is 2.15 bits per heavy atom. The number of hydrogen-bond donors (Lipinski definition) is 3. The minimum absolute atomic E-state index is 0.0469. The lowest BCUT2D eigenvalue weighted by Gasteiger charge is -2.08. The molecule has 1 aromatic heterocycles. The van der Waals surface area contributed by atoms with Crippen LogP contribution in [0.3, 0.4) is 0 Å². The summed E-state index contributed by atoms with van der Waals surface area (Å²) in [6, 6.07) is 4.58. The van der Waals surface area contributed by atoms with E-state index in [1.807, 2.05) is 0 Å². The molecule has 1 aromatic carbocycles. The van der Waals surface area contributed by atoms with Crippen molar-refractivity contribution in [1.82, 2.24) is 30.7 Å². The molecule has 108 valence electrons. The molecule has 0 radical (unpaired) electrons. The monoisotopic (exact) mass is 316 g/mol. The van der Waals surface area contributed by atoms with Gasteiger partial charge in [0.15, 0.2) is 5.82 Å². The summed E-state index contributed by atoms with van der Waals surface area (Å²) in [5.74, 6) is 0.256. The molecule has 0 spiro atoms. The lowest BCUT2D eigenvalue weighted by atomic mass is 10.2. The van der Waals surface area contributed by atoms with Crippen LogP contribution in [-0.4, -0.2) is 36.1 Å². The second kappa shape index (κ2) is 6.27. The van der Waals surface area contributed by atoms with Crippen molar-refractivity contribution in [2.45, 2.75) is 18.0 Å². The number of sulfonamides is 1. The van der Waals surface area contributed by atoms with Crippen LogP contribution in [0.15, 0.2) is 23.1 Å². The highest BCUT2D eigenvalue weighted by molar-refractivity contribution is 7.89. The number of nitrogens with one attached hydrogen (secondary N) is 3. The zero-order valence-corrected chi connectivity index (χ0v) is 12.2. The summed E-state index contributed by atoms with van der Waals surface area (Å²) in [5, 5.41) is 16.2. The second-order valence-corrected chi connectivity index (χ2v) is 6.11. The number of benzene rings is 1. The molecular weight excluding hydrogens is 304 g/mol. The Balaban J connectivity index is 2.14. The molecule has 0 aliphatic heterocycles. The quantitative estimate of drug-likeness (QED) is 0.694. The molecule has 2 aromatic rings. The van der Waals surface area contributed by atoms with Gasteiger partial charge in [-0.15, -0.1) is 10.2 Å². The molecule has 0 aliphatic rings. The molecule has 8 nitrogen and oxygen atoms in total. The molecule has 0 fully saturated rings. The molecule has 0 unspecified atom stereocenters. The Kier molecular flexibility index (Phi) is 4.65. The third kappa shape index (κ3) is 3.51. The molecule has 0 atom stereocenters. The number of tetrazole rings is 1. The third-order valence-corrected chi connectivity index (χ3v) is 4.26. The van der Waals surface area contributed by atoms with E-state index in [2.05, 4.69) is 30.7 Å². The predicted molar refractivity (Wildman–Crippen MR) is 72.4 cm³/mol. The minimum atomic E-state index is -3.67. The summed E-state index contributed by atoms with van der Waals surface area (Å²) in [6.07, 6.45) is 0. The summed E-state index contributed by atoms with van der Waals surface area (Å²) in [6.45, 7) is 0.518. The van der Waals surface area contributed by atoms with Gasteiger partial charge in [-0.2, -0.15) is 5.21 Å². The number of nitrogens with zero attached hydrogens (tertiary/aromatic N) is 3. The van der Waals surface area contributed by atoms with E-state index in [-0.39, 0.29) is 17.3 Å². The standard InChI is InChI=1S/C10H13ClN6O2S/c1-12-5-7-2-3-8(4-9(7)11)20(18,19)13-6-10-14-16-17-15-10/h2-4,12-13H,5-6H2,1H3,(H,14,15,16,17). The average molecular weight is 317 g/mol. The molecule has 0 saturated carbocycles. The van der Waals surface area contributed by atoms with Crippen molar-refractivity contribution >= 4 is 21.6 Å². The van der Waals surface area contributed by atoms with Gasteiger partial charge in [0.1, 0.15) is 0 Å². The lowest BCUT2D eigenvalue weighted by Crippen LogP contribution is -2.24. The van der Waals surface area contributed by atoms with Crippen molar-refractivity contribution in [2.24, 2.45) is 0 Å². The van der Waals surface area contributed by atoms with E-state index in [1.165, 1.54) is 12.1 Å². The van der Waals surface area contributed by atoms with Crippen molar-refractivity contribution in [1.29, 1.82) is 0 Å². The zero-order valence-electron chi connectivity index (χ0n) is 10.6. The minimum Gasteiger partial charge on any atom is -0.316 e. The summed E-state index contributed by atoms with van der Waals surface area (Å²) in [7, 11) is -1.88. The van der Waals surface area contributed by atoms with Crippen LogP contribution in [0.5, 0.6) is 0 Å². The first-order chi connectivity index (χ1) is 9.53. The van der Waals surface area contributed by atoms with E-state index in [9.17, 15) is 8.42 Å². The molecule has 0 bridgehead atoms. The van der Waals surface area contributed by atoms with Crippen LogP contribution in [-0.2, 0) is 23.1 Å². The van der Waals surface area contributed by atoms with E-state index in [4.69, 9.17) is 11.6 Å². The van der Waals surface area contributed by atoms with Crippen molar-refractivity contribution in [3.05, 3.63) is 34.6 Å². The largest absolute Gasteiger partial charge is 0.316 e. The molecule has 0 aliphatic carbocycles. The Morgan fingerprint density at radius 1 is 1.35 bits per heavy atom. The van der Waals surface area contributed by atoms with Gasteiger partial charge in [0.2, 0.25) is 10.0 Å². The van der Waals surface area contributed by atoms with E-state index in [1.54, 1.807) is 13.1 Å². The normalized spacial score (nSPS) is 11.7. The van der Waals surface area contributed by atoms with Gasteiger partial charge in [0.05, 0.1) is 11.4 Å². The molecule has 10 heteroatoms. The van der Waals surface area contributed by atoms with Crippen LogP contribution in [0.4, 0.5) is 0 Å². The fraction of sp³-hybridized carbons (Fsp3) is 0.300. The topological polar surface area (TPSA) is 113 Å². The molecular formula is C10H13ClN6O2S. The molecule has 1 heterocycles. The fourth-order valence-electron chi connectivity index (χ4n) is 1.53. The highest BCUT2D eigenvalue weighted by atomic mass is 35.5. The van der Waals surface area contributed by atoms with Gasteiger partial charge < -0.3 is 5.32 Å². The van der Waals surface area contributed by atoms with Crippen molar-refractivity contribution in [3.63, 3.8) is 0 Å². The average Bonchev–Trinajstić information content (AvgIpc) is 2.92. The van der Waals surface area contributed by atoms with Crippen molar-refractivity contribution < 1.29 is 8.42 Å². The van der Waals surface area contributed by atoms with Gasteiger partial charge >= 0.3 is 0 Å². The first-order valence-electron chi connectivity index (χ1n) is 5.68. The van der Waals surface area contributed by atoms with Crippen LogP contribution in [0.1, 0.15) is 11.4 Å². The molecule has 0 saturated heterocycles. The number of rotatable bonds is 6. The van der Waals surface area contributed by atoms with Gasteiger partial charge in [-0.3, -0.25) is 0 Å². The third-order valence-electron chi connectivity index (χ3n) is 2.51. The highest BCUT2D eigenvalue weighted by Crippen LogP contribution is 2.20. The fourth-order valence-corrected chi connectivity index (χ4v) is 2.85. The summed E-state index contributed by atoms with van der Waals surface area (Å²) in [5.41, 5.74) is 0.825. The van der Waals surface area contributed by atoms with Gasteiger partial charge in [0, 0.05) is 11.6 Å². The number of aromatic amines is 1. The van der Waals surface area contributed by atoms with Gasteiger partial charge in [-0.25, -0.2) is 13.1 Å². The van der Waals surface area contributed by atoms with Crippen LogP contribution in [0.2, 0.25) is 5.02 Å². The predicted octanol–water partition coefficient (Wildman–Crippen LogP) is 0.0510. The highest BCUT2D eigenvalue weighted by Gasteiger charge is 2.16. The van der Waals surface area contributed by atoms with Crippen molar-refractivity contribution in [3.8, 4) is 0 Å². The molecule has 0 amide bonds. The Bertz CT molecular complexity index is 673. The summed E-state index contributed by atoms with van der Waals surface area (Å²) < 4.78 is 26.5. The SMILES string of the molecule is CNCc1ccc(S(=O)(=O)NCc2nn[nH]n2)cc1Cl. The zero-order chi connectivity index (χ0) is 14.6. The van der Waals surface area contributed by atoms with E-state index >= 15 is 0 Å². The maximum Gasteiger partial charge on any atom is 0.241 e. The van der Waals surface area contributed by atoms with Gasteiger partial charge in [-0.05, 0) is 24.7 Å². The Morgan fingerprint density at radius 3 is 2.75 bits per heavy atom. The number of H-pyrrole nitrogens is 1. The first kappa shape index (κ1) is 14.9. The van der Waals surface area contributed by atoms with Crippen LogP contribution in [0.25, 0.3) is 0 Å². The summed E-state index contributed by atoms with van der Waals surface area (Å²) >= 11 is 6.04. The van der Waals surface area contributed by atoms with E-state index in [0.29, 0.717) is 11.6 Å². The number of halogens is 1. The van der Waals surface area contributed by atoms with Gasteiger partial charge in [-0.1, -0.05) is 22.9 Å². The van der Waals surface area contributed by atoms with Crippen LogP contribution < -0.4 is 10.0 Å². The summed E-state index contributed by atoms with van der Waals surface area (Å²) in [4.78, 5) is 0.0887. The second-order valence-electron chi connectivity index (χ2n) is 3.94. The molecule has 3 N–H and O–H groups in total. The maximum absolute atomic E-state index is 12.1. The van der Waals surface area contributed by atoms with Crippen molar-refractivity contribution in [2.75, 3.05) is 7.05 Å². The first-order valence-corrected chi connectivity index (χ1v) is 7.54. The van der Waals surface area contributed by atoms with Crippen LogP contribution >= 0.6 is 11.6 Å². The lowest BCUT2D eigenvalue weighted by molar-refractivity contribution is 0.579. The van der Waals surface area contributed by atoms with Gasteiger partial charge in [0.25, 0.3) is 0 Å². The Labute approximate surface area is 121 Å². The Hall–Kier alpha value is -1.55. The number of hydrogen-bond acceptors (Lipinski definition) is 6. The molecule has 2 rings (SSSR count). The molecule has 20 heavy (non-hydrogen) atoms. The van der Waals surface area contributed by atoms with E-state index in [0.717, 1.165) is 5.56 Å². The smallest absolute Gasteiger partial charge is 0.241 e. The van der Waals surface area contributed by atoms with E-state index < -0.39 is 10.0 Å². The number of aromatic nitrogens is 4. The maximum atomic E-state index is 12.1.